The highest BCUT2D eigenvalue weighted by Crippen LogP contribution is 2.29. The van der Waals surface area contributed by atoms with Gasteiger partial charge in [-0.2, -0.15) is 0 Å². The van der Waals surface area contributed by atoms with Crippen LogP contribution < -0.4 is 5.32 Å². The third-order valence-electron chi connectivity index (χ3n) is 2.90. The fraction of sp³-hybridized carbons (Fsp3) is 0.583. The molecule has 1 heterocycles. The number of carbonyl (C=O) groups is 1. The van der Waals surface area contributed by atoms with Gasteiger partial charge in [-0.3, -0.25) is 10.1 Å². The van der Waals surface area contributed by atoms with E-state index in [1.54, 1.807) is 13.2 Å². The number of rotatable bonds is 6. The number of furan rings is 1. The lowest BCUT2D eigenvalue weighted by Crippen LogP contribution is -2.52. The van der Waals surface area contributed by atoms with Gasteiger partial charge in [0.05, 0.1) is 6.26 Å². The largest absolute Gasteiger partial charge is 0.480 e. The first-order valence-electron chi connectivity index (χ1n) is 5.69. The normalized spacial score (nSPS) is 18.9. The molecule has 1 aromatic rings. The molecule has 0 aromatic carbocycles. The van der Waals surface area contributed by atoms with Crippen molar-refractivity contribution < 1.29 is 14.3 Å². The summed E-state index contributed by atoms with van der Waals surface area (Å²) in [4.78, 5) is 12.3. The Morgan fingerprint density at radius 3 is 2.88 bits per heavy atom. The minimum absolute atomic E-state index is 0.377. The van der Waals surface area contributed by atoms with Gasteiger partial charge in [0.25, 0.3) is 0 Å². The van der Waals surface area contributed by atoms with Gasteiger partial charge in [0, 0.05) is 16.7 Å². The molecule has 0 amide bonds. The third-order valence-corrected chi connectivity index (χ3v) is 4.36. The molecule has 1 unspecified atom stereocenters. The van der Waals surface area contributed by atoms with Gasteiger partial charge >= 0.3 is 5.97 Å². The van der Waals surface area contributed by atoms with Crippen LogP contribution in [0.25, 0.3) is 0 Å². The number of hydrogen-bond donors (Lipinski definition) is 2. The van der Waals surface area contributed by atoms with Crippen molar-refractivity contribution >= 4 is 17.7 Å². The molecule has 0 radical (unpaired) electrons. The summed E-state index contributed by atoms with van der Waals surface area (Å²) in [7, 11) is 0. The van der Waals surface area contributed by atoms with Crippen molar-refractivity contribution in [2.24, 2.45) is 0 Å². The molecule has 94 valence electrons. The van der Waals surface area contributed by atoms with Crippen molar-refractivity contribution in [2.45, 2.75) is 43.2 Å². The Morgan fingerprint density at radius 2 is 2.41 bits per heavy atom. The maximum absolute atomic E-state index is 11.3. The van der Waals surface area contributed by atoms with E-state index in [0.29, 0.717) is 11.8 Å². The van der Waals surface area contributed by atoms with E-state index in [0.717, 1.165) is 23.5 Å². The van der Waals surface area contributed by atoms with Crippen molar-refractivity contribution in [3.63, 3.8) is 0 Å². The molecular weight excluding hydrogens is 238 g/mol. The average Bonchev–Trinajstić information content (AvgIpc) is 2.97. The lowest BCUT2D eigenvalue weighted by atomic mass is 10.1. The number of nitrogens with one attached hydrogen (secondary N) is 1. The Kier molecular flexibility index (Phi) is 3.49. The lowest BCUT2D eigenvalue weighted by molar-refractivity contribution is -0.143. The van der Waals surface area contributed by atoms with Crippen LogP contribution in [-0.4, -0.2) is 28.4 Å². The smallest absolute Gasteiger partial charge is 0.324 e. The van der Waals surface area contributed by atoms with Crippen molar-refractivity contribution in [3.8, 4) is 0 Å². The highest BCUT2D eigenvalue weighted by atomic mass is 32.2. The zero-order valence-electron chi connectivity index (χ0n) is 10.0. The summed E-state index contributed by atoms with van der Waals surface area (Å²) < 4.78 is 5.19. The van der Waals surface area contributed by atoms with E-state index in [2.05, 4.69) is 5.32 Å². The molecule has 1 fully saturated rings. The number of aryl methyl sites for hydroxylation is 1. The first-order valence-corrected chi connectivity index (χ1v) is 6.68. The number of hydrogen-bond acceptors (Lipinski definition) is 4. The van der Waals surface area contributed by atoms with Crippen LogP contribution in [0.2, 0.25) is 0 Å². The summed E-state index contributed by atoms with van der Waals surface area (Å²) in [5, 5.41) is 12.5. The fourth-order valence-electron chi connectivity index (χ4n) is 1.59. The highest BCUT2D eigenvalue weighted by Gasteiger charge is 2.38. The van der Waals surface area contributed by atoms with Gasteiger partial charge in [-0.05, 0) is 32.8 Å². The monoisotopic (exact) mass is 255 g/mol. The van der Waals surface area contributed by atoms with Crippen LogP contribution in [0.15, 0.2) is 21.6 Å². The van der Waals surface area contributed by atoms with Crippen molar-refractivity contribution in [1.29, 1.82) is 0 Å². The van der Waals surface area contributed by atoms with Crippen LogP contribution in [0.1, 0.15) is 25.5 Å². The van der Waals surface area contributed by atoms with E-state index in [1.807, 2.05) is 13.0 Å². The van der Waals surface area contributed by atoms with E-state index < -0.39 is 11.5 Å². The number of aliphatic carboxylic acids is 1. The molecule has 1 aliphatic carbocycles. The molecular formula is C12H17NO3S. The fourth-order valence-corrected chi connectivity index (χ4v) is 2.64. The topological polar surface area (TPSA) is 62.5 Å². The SMILES string of the molecule is Cc1occc1SCC(C)(NC1CC1)C(=O)O. The van der Waals surface area contributed by atoms with Gasteiger partial charge in [-0.25, -0.2) is 0 Å². The summed E-state index contributed by atoms with van der Waals surface area (Å²) >= 11 is 1.52. The van der Waals surface area contributed by atoms with Gasteiger partial charge < -0.3 is 9.52 Å². The Balaban J connectivity index is 1.97. The van der Waals surface area contributed by atoms with E-state index in [-0.39, 0.29) is 0 Å². The Bertz CT molecular complexity index is 414. The van der Waals surface area contributed by atoms with E-state index >= 15 is 0 Å². The molecule has 0 saturated heterocycles. The van der Waals surface area contributed by atoms with Crippen LogP contribution >= 0.6 is 11.8 Å². The summed E-state index contributed by atoms with van der Waals surface area (Å²) in [6, 6.07) is 2.25. The van der Waals surface area contributed by atoms with E-state index in [4.69, 9.17) is 4.42 Å². The molecule has 0 aliphatic heterocycles. The molecule has 1 aromatic heterocycles. The minimum atomic E-state index is -0.866. The highest BCUT2D eigenvalue weighted by molar-refractivity contribution is 7.99. The average molecular weight is 255 g/mol. The van der Waals surface area contributed by atoms with Crippen LogP contribution in [-0.2, 0) is 4.79 Å². The molecule has 1 saturated carbocycles. The van der Waals surface area contributed by atoms with Gasteiger partial charge in [0.15, 0.2) is 0 Å². The number of carboxylic acid groups (broad SMARTS) is 1. The van der Waals surface area contributed by atoms with Crippen molar-refractivity contribution in [2.75, 3.05) is 5.75 Å². The van der Waals surface area contributed by atoms with Crippen LogP contribution in [0.5, 0.6) is 0 Å². The number of thioether (sulfide) groups is 1. The molecule has 1 atom stereocenters. The maximum atomic E-state index is 11.3. The Morgan fingerprint density at radius 1 is 1.71 bits per heavy atom. The molecule has 2 rings (SSSR count). The van der Waals surface area contributed by atoms with Crippen molar-refractivity contribution in [3.05, 3.63) is 18.1 Å². The molecule has 4 nitrogen and oxygen atoms in total. The van der Waals surface area contributed by atoms with Gasteiger partial charge in [0.1, 0.15) is 11.3 Å². The summed E-state index contributed by atoms with van der Waals surface area (Å²) in [6.07, 6.45) is 3.79. The molecule has 1 aliphatic rings. The zero-order chi connectivity index (χ0) is 12.5. The molecule has 5 heteroatoms. The number of carboxylic acids is 1. The van der Waals surface area contributed by atoms with Crippen LogP contribution in [0.4, 0.5) is 0 Å². The van der Waals surface area contributed by atoms with E-state index in [1.165, 1.54) is 11.8 Å². The first kappa shape index (κ1) is 12.5. The first-order chi connectivity index (χ1) is 8.01. The third kappa shape index (κ3) is 3.04. The zero-order valence-corrected chi connectivity index (χ0v) is 10.8. The van der Waals surface area contributed by atoms with Crippen LogP contribution in [0, 0.1) is 6.92 Å². The van der Waals surface area contributed by atoms with Gasteiger partial charge in [-0.15, -0.1) is 11.8 Å². The second-order valence-electron chi connectivity index (χ2n) is 4.69. The maximum Gasteiger partial charge on any atom is 0.324 e. The summed E-state index contributed by atoms with van der Waals surface area (Å²) in [6.45, 7) is 3.63. The van der Waals surface area contributed by atoms with E-state index in [9.17, 15) is 9.90 Å². The Labute approximate surface area is 105 Å². The lowest BCUT2D eigenvalue weighted by Gasteiger charge is -2.25. The minimum Gasteiger partial charge on any atom is -0.480 e. The molecule has 0 spiro atoms. The predicted molar refractivity (Wildman–Crippen MR) is 66.4 cm³/mol. The second-order valence-corrected chi connectivity index (χ2v) is 5.70. The summed E-state index contributed by atoms with van der Waals surface area (Å²) in [5.41, 5.74) is -0.866. The molecule has 2 N–H and O–H groups in total. The molecule has 0 bridgehead atoms. The van der Waals surface area contributed by atoms with Gasteiger partial charge in [0.2, 0.25) is 0 Å². The Hall–Kier alpha value is -0.940. The standard InChI is InChI=1S/C12H17NO3S/c1-8-10(5-6-16-8)17-7-12(2,11(14)15)13-9-3-4-9/h5-6,9,13H,3-4,7H2,1-2H3,(H,14,15). The summed E-state index contributed by atoms with van der Waals surface area (Å²) in [5.74, 6) is 0.548. The van der Waals surface area contributed by atoms with Gasteiger partial charge in [-0.1, -0.05) is 0 Å². The predicted octanol–water partition coefficient (Wildman–Crippen LogP) is 2.28. The second kappa shape index (κ2) is 4.74. The van der Waals surface area contributed by atoms with Crippen LogP contribution in [0.3, 0.4) is 0 Å². The quantitative estimate of drug-likeness (QED) is 0.764. The van der Waals surface area contributed by atoms with Crippen molar-refractivity contribution in [1.82, 2.24) is 5.32 Å². The molecule has 17 heavy (non-hydrogen) atoms.